The number of rotatable bonds is 4. The number of imide groups is 1. The number of hydrogen-bond donors (Lipinski definition) is 1. The predicted octanol–water partition coefficient (Wildman–Crippen LogP) is 4.68. The molecule has 1 fully saturated rings. The van der Waals surface area contributed by atoms with Crippen LogP contribution in [0.4, 0.5) is 4.79 Å². The molecule has 0 aliphatic carbocycles. The smallest absolute Gasteiger partial charge is 0.315 e. The van der Waals surface area contributed by atoms with Gasteiger partial charge in [-0.15, -0.1) is 0 Å². The molecular formula is C18H11Br2NO4S. The standard InChI is InChI=1S/C18H11Br2NO4S/c19-12-4-1-10(2-5-12)9-16(22)25-14-6-3-11(7-13(14)20)8-15-17(23)21-18(24)26-15/h1-8H,9H2,(H,21,23,24). The van der Waals surface area contributed by atoms with Crippen LogP contribution in [0.15, 0.2) is 56.3 Å². The molecule has 0 radical (unpaired) electrons. The van der Waals surface area contributed by atoms with E-state index in [4.69, 9.17) is 4.74 Å². The lowest BCUT2D eigenvalue weighted by Crippen LogP contribution is -2.17. The average Bonchev–Trinajstić information content (AvgIpc) is 2.89. The van der Waals surface area contributed by atoms with E-state index in [-0.39, 0.29) is 17.6 Å². The van der Waals surface area contributed by atoms with Crippen molar-refractivity contribution in [3.63, 3.8) is 0 Å². The van der Waals surface area contributed by atoms with Gasteiger partial charge in [-0.25, -0.2) is 0 Å². The number of esters is 1. The van der Waals surface area contributed by atoms with Crippen LogP contribution in [0.25, 0.3) is 6.08 Å². The number of halogens is 2. The third-order valence-electron chi connectivity index (χ3n) is 3.38. The molecule has 0 bridgehead atoms. The molecule has 0 aromatic heterocycles. The summed E-state index contributed by atoms with van der Waals surface area (Å²) in [5.41, 5.74) is 1.56. The second kappa shape index (κ2) is 8.20. The average molecular weight is 497 g/mol. The molecule has 1 N–H and O–H groups in total. The van der Waals surface area contributed by atoms with Gasteiger partial charge < -0.3 is 4.74 Å². The van der Waals surface area contributed by atoms with Gasteiger partial charge in [0.25, 0.3) is 11.1 Å². The molecule has 5 nitrogen and oxygen atoms in total. The first-order valence-electron chi connectivity index (χ1n) is 7.40. The van der Waals surface area contributed by atoms with E-state index in [0.29, 0.717) is 20.7 Å². The topological polar surface area (TPSA) is 72.5 Å². The molecule has 132 valence electrons. The zero-order valence-electron chi connectivity index (χ0n) is 13.1. The van der Waals surface area contributed by atoms with E-state index in [1.54, 1.807) is 24.3 Å². The zero-order valence-corrected chi connectivity index (χ0v) is 17.1. The minimum Gasteiger partial charge on any atom is -0.425 e. The van der Waals surface area contributed by atoms with E-state index in [1.165, 1.54) is 0 Å². The fraction of sp³-hybridized carbons (Fsp3) is 0.0556. The van der Waals surface area contributed by atoms with Crippen molar-refractivity contribution in [1.82, 2.24) is 5.32 Å². The molecule has 0 unspecified atom stereocenters. The van der Waals surface area contributed by atoms with E-state index < -0.39 is 5.91 Å². The molecule has 26 heavy (non-hydrogen) atoms. The van der Waals surface area contributed by atoms with E-state index >= 15 is 0 Å². The summed E-state index contributed by atoms with van der Waals surface area (Å²) in [5.74, 6) is -0.412. The molecule has 8 heteroatoms. The Kier molecular flexibility index (Phi) is 5.95. The van der Waals surface area contributed by atoms with Crippen molar-refractivity contribution in [3.8, 4) is 5.75 Å². The Balaban J connectivity index is 1.68. The van der Waals surface area contributed by atoms with Crippen LogP contribution in [0.2, 0.25) is 0 Å². The Morgan fingerprint density at radius 2 is 1.85 bits per heavy atom. The van der Waals surface area contributed by atoms with Gasteiger partial charge in [0.1, 0.15) is 5.75 Å². The van der Waals surface area contributed by atoms with Crippen LogP contribution in [0.3, 0.4) is 0 Å². The van der Waals surface area contributed by atoms with E-state index in [1.807, 2.05) is 24.3 Å². The number of carbonyl (C=O) groups is 3. The highest BCUT2D eigenvalue weighted by molar-refractivity contribution is 9.10. The van der Waals surface area contributed by atoms with Crippen molar-refractivity contribution >= 4 is 66.8 Å². The van der Waals surface area contributed by atoms with Gasteiger partial charge in [0.05, 0.1) is 15.8 Å². The largest absolute Gasteiger partial charge is 0.425 e. The SMILES string of the molecule is O=C(Cc1ccc(Br)cc1)Oc1ccc(C=C2SC(=O)NC2=O)cc1Br. The van der Waals surface area contributed by atoms with Crippen molar-refractivity contribution in [3.05, 3.63) is 67.4 Å². The fourth-order valence-electron chi connectivity index (χ4n) is 2.19. The molecule has 1 aliphatic rings. The van der Waals surface area contributed by atoms with Crippen LogP contribution in [0.5, 0.6) is 5.75 Å². The first-order chi connectivity index (χ1) is 12.4. The predicted molar refractivity (Wildman–Crippen MR) is 107 cm³/mol. The van der Waals surface area contributed by atoms with Gasteiger partial charge in [-0.2, -0.15) is 0 Å². The minimum absolute atomic E-state index is 0.157. The third-order valence-corrected chi connectivity index (χ3v) is 5.34. The number of carbonyl (C=O) groups excluding carboxylic acids is 3. The molecule has 0 saturated carbocycles. The lowest BCUT2D eigenvalue weighted by atomic mass is 10.1. The first-order valence-corrected chi connectivity index (χ1v) is 9.80. The van der Waals surface area contributed by atoms with Crippen LogP contribution in [0, 0.1) is 0 Å². The van der Waals surface area contributed by atoms with Gasteiger partial charge in [-0.3, -0.25) is 19.7 Å². The third kappa shape index (κ3) is 4.84. The molecule has 2 amide bonds. The summed E-state index contributed by atoms with van der Waals surface area (Å²) in [6, 6.07) is 12.5. The Labute approximate surface area is 170 Å². The van der Waals surface area contributed by atoms with Crippen molar-refractivity contribution in [2.24, 2.45) is 0 Å². The number of thioether (sulfide) groups is 1. The maximum Gasteiger partial charge on any atom is 0.315 e. The quantitative estimate of drug-likeness (QED) is 0.378. The van der Waals surface area contributed by atoms with Crippen molar-refractivity contribution in [2.75, 3.05) is 0 Å². The molecule has 0 spiro atoms. The van der Waals surface area contributed by atoms with Gasteiger partial charge in [0.15, 0.2) is 0 Å². The lowest BCUT2D eigenvalue weighted by Gasteiger charge is -2.07. The highest BCUT2D eigenvalue weighted by Crippen LogP contribution is 2.30. The van der Waals surface area contributed by atoms with Gasteiger partial charge in [-0.1, -0.05) is 34.1 Å². The summed E-state index contributed by atoms with van der Waals surface area (Å²) in [4.78, 5) is 35.2. The monoisotopic (exact) mass is 495 g/mol. The zero-order chi connectivity index (χ0) is 18.7. The lowest BCUT2D eigenvalue weighted by molar-refractivity contribution is -0.133. The molecule has 1 heterocycles. The number of amides is 2. The van der Waals surface area contributed by atoms with E-state index in [9.17, 15) is 14.4 Å². The van der Waals surface area contributed by atoms with Gasteiger partial charge in [-0.05, 0) is 69.2 Å². The summed E-state index contributed by atoms with van der Waals surface area (Å²) in [6.07, 6.45) is 1.76. The summed E-state index contributed by atoms with van der Waals surface area (Å²) >= 11 is 7.56. The Morgan fingerprint density at radius 1 is 1.12 bits per heavy atom. The van der Waals surface area contributed by atoms with Crippen LogP contribution in [0.1, 0.15) is 11.1 Å². The van der Waals surface area contributed by atoms with Crippen molar-refractivity contribution in [2.45, 2.75) is 6.42 Å². The molecule has 1 saturated heterocycles. The molecule has 3 rings (SSSR count). The number of ether oxygens (including phenoxy) is 1. The van der Waals surface area contributed by atoms with Gasteiger partial charge >= 0.3 is 5.97 Å². The van der Waals surface area contributed by atoms with Crippen LogP contribution in [-0.4, -0.2) is 17.1 Å². The minimum atomic E-state index is -0.416. The van der Waals surface area contributed by atoms with Crippen LogP contribution >= 0.6 is 43.6 Å². The summed E-state index contributed by atoms with van der Waals surface area (Å²) in [7, 11) is 0. The normalized spacial score (nSPS) is 15.2. The van der Waals surface area contributed by atoms with E-state index in [2.05, 4.69) is 37.2 Å². The van der Waals surface area contributed by atoms with Crippen molar-refractivity contribution in [1.29, 1.82) is 0 Å². The molecule has 2 aromatic carbocycles. The molecular weight excluding hydrogens is 486 g/mol. The molecule has 1 aliphatic heterocycles. The van der Waals surface area contributed by atoms with Gasteiger partial charge in [0, 0.05) is 4.47 Å². The highest BCUT2D eigenvalue weighted by atomic mass is 79.9. The second-order valence-corrected chi connectivity index (χ2v) is 8.10. The fourth-order valence-corrected chi connectivity index (χ4v) is 3.61. The highest BCUT2D eigenvalue weighted by Gasteiger charge is 2.25. The molecule has 0 atom stereocenters. The molecule has 2 aromatic rings. The van der Waals surface area contributed by atoms with Crippen LogP contribution < -0.4 is 10.1 Å². The summed E-state index contributed by atoms with van der Waals surface area (Å²) in [6.45, 7) is 0. The number of nitrogens with one attached hydrogen (secondary N) is 1. The Hall–Kier alpha value is -1.90. The second-order valence-electron chi connectivity index (χ2n) is 5.32. The Morgan fingerprint density at radius 3 is 2.46 bits per heavy atom. The number of benzene rings is 2. The summed E-state index contributed by atoms with van der Waals surface area (Å²) in [5, 5.41) is 1.81. The van der Waals surface area contributed by atoms with Gasteiger partial charge in [0.2, 0.25) is 0 Å². The maximum atomic E-state index is 12.1. The summed E-state index contributed by atoms with van der Waals surface area (Å²) < 4.78 is 6.90. The first kappa shape index (κ1) is 18.9. The number of hydrogen-bond acceptors (Lipinski definition) is 5. The van der Waals surface area contributed by atoms with Crippen molar-refractivity contribution < 1.29 is 19.1 Å². The maximum absolute atomic E-state index is 12.1. The van der Waals surface area contributed by atoms with E-state index in [0.717, 1.165) is 21.8 Å². The van der Waals surface area contributed by atoms with Crippen LogP contribution in [-0.2, 0) is 16.0 Å². The Bertz CT molecular complexity index is 925.